The van der Waals surface area contributed by atoms with Crippen LogP contribution in [0, 0.1) is 13.8 Å². The van der Waals surface area contributed by atoms with E-state index in [9.17, 15) is 0 Å². The molecule has 0 aliphatic carbocycles. The van der Waals surface area contributed by atoms with Gasteiger partial charge in [0.2, 0.25) is 0 Å². The molecule has 0 aromatic carbocycles. The molecule has 0 amide bonds. The maximum atomic E-state index is 5.46. The van der Waals surface area contributed by atoms with Crippen molar-refractivity contribution < 1.29 is 4.42 Å². The summed E-state index contributed by atoms with van der Waals surface area (Å²) < 4.78 is 5.46. The normalized spacial score (nSPS) is 12.1. The average molecular weight is 167 g/mol. The molecule has 1 heterocycles. The van der Waals surface area contributed by atoms with Gasteiger partial charge in [0.05, 0.1) is 0 Å². The average Bonchev–Trinajstić information content (AvgIpc) is 2.31. The van der Waals surface area contributed by atoms with E-state index in [-0.39, 0.29) is 5.54 Å². The fourth-order valence-electron chi connectivity index (χ4n) is 1.39. The summed E-state index contributed by atoms with van der Waals surface area (Å²) >= 11 is 0. The summed E-state index contributed by atoms with van der Waals surface area (Å²) in [6, 6.07) is 2.09. The van der Waals surface area contributed by atoms with Gasteiger partial charge in [-0.15, -0.1) is 0 Å². The third kappa shape index (κ3) is 1.53. The molecular weight excluding hydrogens is 150 g/mol. The second-order valence-corrected chi connectivity index (χ2v) is 3.70. The van der Waals surface area contributed by atoms with Gasteiger partial charge in [0.15, 0.2) is 0 Å². The van der Waals surface area contributed by atoms with Crippen LogP contribution in [0.4, 0.5) is 0 Å². The van der Waals surface area contributed by atoms with Crippen molar-refractivity contribution in [3.05, 3.63) is 23.2 Å². The van der Waals surface area contributed by atoms with E-state index in [2.05, 4.69) is 25.2 Å². The zero-order chi connectivity index (χ0) is 9.35. The lowest BCUT2D eigenvalue weighted by atomic mass is 9.95. The van der Waals surface area contributed by atoms with Crippen molar-refractivity contribution in [2.24, 2.45) is 0 Å². The van der Waals surface area contributed by atoms with Crippen LogP contribution in [0.2, 0.25) is 0 Å². The van der Waals surface area contributed by atoms with Crippen LogP contribution in [0.3, 0.4) is 0 Å². The van der Waals surface area contributed by atoms with Gasteiger partial charge in [-0.05, 0) is 40.8 Å². The Balaban J connectivity index is 3.09. The van der Waals surface area contributed by atoms with E-state index < -0.39 is 0 Å². The Morgan fingerprint density at radius 2 is 1.92 bits per heavy atom. The topological polar surface area (TPSA) is 25.2 Å². The first-order chi connectivity index (χ1) is 5.47. The van der Waals surface area contributed by atoms with Gasteiger partial charge in [0.25, 0.3) is 0 Å². The van der Waals surface area contributed by atoms with E-state index in [1.54, 1.807) is 0 Å². The Labute approximate surface area is 74.0 Å². The van der Waals surface area contributed by atoms with Crippen LogP contribution < -0.4 is 5.32 Å². The standard InChI is InChI=1S/C10H17NO/c1-7-6-9(8(2)12-7)10(3,4)11-5/h6,11H,1-5H3. The van der Waals surface area contributed by atoms with E-state index in [0.717, 1.165) is 11.5 Å². The predicted molar refractivity (Wildman–Crippen MR) is 50.3 cm³/mol. The smallest absolute Gasteiger partial charge is 0.106 e. The van der Waals surface area contributed by atoms with Crippen LogP contribution in [0.25, 0.3) is 0 Å². The third-order valence-electron chi connectivity index (χ3n) is 2.34. The molecule has 0 saturated heterocycles. The largest absolute Gasteiger partial charge is 0.466 e. The van der Waals surface area contributed by atoms with Gasteiger partial charge >= 0.3 is 0 Å². The molecule has 1 rings (SSSR count). The van der Waals surface area contributed by atoms with Gasteiger partial charge in [-0.1, -0.05) is 0 Å². The molecular formula is C10H17NO. The fourth-order valence-corrected chi connectivity index (χ4v) is 1.39. The van der Waals surface area contributed by atoms with E-state index in [0.29, 0.717) is 0 Å². The monoisotopic (exact) mass is 167 g/mol. The van der Waals surface area contributed by atoms with Crippen LogP contribution in [0.5, 0.6) is 0 Å². The van der Waals surface area contributed by atoms with Crippen LogP contribution in [-0.4, -0.2) is 7.05 Å². The molecule has 0 aliphatic rings. The van der Waals surface area contributed by atoms with Crippen molar-refractivity contribution in [2.45, 2.75) is 33.2 Å². The van der Waals surface area contributed by atoms with Crippen molar-refractivity contribution in [3.63, 3.8) is 0 Å². The summed E-state index contributed by atoms with van der Waals surface area (Å²) in [4.78, 5) is 0. The molecule has 1 aromatic rings. The van der Waals surface area contributed by atoms with E-state index in [1.165, 1.54) is 5.56 Å². The minimum Gasteiger partial charge on any atom is -0.466 e. The lowest BCUT2D eigenvalue weighted by molar-refractivity contribution is 0.425. The van der Waals surface area contributed by atoms with Crippen molar-refractivity contribution in [3.8, 4) is 0 Å². The van der Waals surface area contributed by atoms with Crippen LogP contribution in [0.15, 0.2) is 10.5 Å². The maximum absolute atomic E-state index is 5.46. The highest BCUT2D eigenvalue weighted by molar-refractivity contribution is 5.27. The predicted octanol–water partition coefficient (Wildman–Crippen LogP) is 2.35. The Morgan fingerprint density at radius 3 is 2.25 bits per heavy atom. The van der Waals surface area contributed by atoms with E-state index >= 15 is 0 Å². The highest BCUT2D eigenvalue weighted by Crippen LogP contribution is 2.25. The lowest BCUT2D eigenvalue weighted by Gasteiger charge is -2.23. The van der Waals surface area contributed by atoms with Gasteiger partial charge in [-0.25, -0.2) is 0 Å². The third-order valence-corrected chi connectivity index (χ3v) is 2.34. The Kier molecular flexibility index (Phi) is 2.29. The van der Waals surface area contributed by atoms with Gasteiger partial charge in [0.1, 0.15) is 11.5 Å². The molecule has 0 aliphatic heterocycles. The number of hydrogen-bond donors (Lipinski definition) is 1. The maximum Gasteiger partial charge on any atom is 0.106 e. The molecule has 2 nitrogen and oxygen atoms in total. The highest BCUT2D eigenvalue weighted by Gasteiger charge is 2.22. The minimum absolute atomic E-state index is 0.00183. The summed E-state index contributed by atoms with van der Waals surface area (Å²) in [5.41, 5.74) is 1.24. The number of nitrogens with one attached hydrogen (secondary N) is 1. The molecule has 12 heavy (non-hydrogen) atoms. The molecule has 68 valence electrons. The van der Waals surface area contributed by atoms with Crippen molar-refractivity contribution in [1.82, 2.24) is 5.32 Å². The van der Waals surface area contributed by atoms with Crippen molar-refractivity contribution in [2.75, 3.05) is 7.05 Å². The van der Waals surface area contributed by atoms with Crippen LogP contribution in [-0.2, 0) is 5.54 Å². The second-order valence-electron chi connectivity index (χ2n) is 3.70. The quantitative estimate of drug-likeness (QED) is 0.731. The van der Waals surface area contributed by atoms with Gasteiger partial charge in [-0.2, -0.15) is 0 Å². The molecule has 1 aromatic heterocycles. The van der Waals surface area contributed by atoms with E-state index in [4.69, 9.17) is 4.42 Å². The van der Waals surface area contributed by atoms with Crippen LogP contribution in [0.1, 0.15) is 30.9 Å². The summed E-state index contributed by atoms with van der Waals surface area (Å²) in [6.07, 6.45) is 0. The Bertz CT molecular complexity index is 273. The number of rotatable bonds is 2. The zero-order valence-electron chi connectivity index (χ0n) is 8.49. The molecule has 0 fully saturated rings. The van der Waals surface area contributed by atoms with Gasteiger partial charge < -0.3 is 9.73 Å². The molecule has 0 radical (unpaired) electrons. The molecule has 0 saturated carbocycles. The molecule has 0 spiro atoms. The number of aryl methyl sites for hydroxylation is 2. The fraction of sp³-hybridized carbons (Fsp3) is 0.600. The second kappa shape index (κ2) is 2.94. The molecule has 2 heteroatoms. The molecule has 0 bridgehead atoms. The highest BCUT2D eigenvalue weighted by atomic mass is 16.3. The number of furan rings is 1. The first kappa shape index (κ1) is 9.33. The Morgan fingerprint density at radius 1 is 1.33 bits per heavy atom. The Hall–Kier alpha value is -0.760. The van der Waals surface area contributed by atoms with Crippen molar-refractivity contribution >= 4 is 0 Å². The lowest BCUT2D eigenvalue weighted by Crippen LogP contribution is -2.33. The minimum atomic E-state index is 0.00183. The summed E-state index contributed by atoms with van der Waals surface area (Å²) in [5.74, 6) is 1.98. The SMILES string of the molecule is CNC(C)(C)c1cc(C)oc1C. The number of hydrogen-bond acceptors (Lipinski definition) is 2. The van der Waals surface area contributed by atoms with E-state index in [1.807, 2.05) is 20.9 Å². The van der Waals surface area contributed by atoms with Crippen LogP contribution >= 0.6 is 0 Å². The molecule has 1 N–H and O–H groups in total. The summed E-state index contributed by atoms with van der Waals surface area (Å²) in [5, 5.41) is 3.25. The molecule has 0 atom stereocenters. The zero-order valence-corrected chi connectivity index (χ0v) is 8.49. The van der Waals surface area contributed by atoms with Gasteiger partial charge in [0, 0.05) is 11.1 Å². The first-order valence-corrected chi connectivity index (χ1v) is 4.24. The molecule has 0 unspecified atom stereocenters. The first-order valence-electron chi connectivity index (χ1n) is 4.24. The van der Waals surface area contributed by atoms with Crippen molar-refractivity contribution in [1.29, 1.82) is 0 Å². The summed E-state index contributed by atoms with van der Waals surface area (Å²) in [7, 11) is 1.96. The van der Waals surface area contributed by atoms with Gasteiger partial charge in [-0.3, -0.25) is 0 Å². The summed E-state index contributed by atoms with van der Waals surface area (Å²) in [6.45, 7) is 8.26.